The van der Waals surface area contributed by atoms with Crippen LogP contribution in [0.25, 0.3) is 0 Å². The molecule has 21 heavy (non-hydrogen) atoms. The average Bonchev–Trinajstić information content (AvgIpc) is 2.42. The number of hydrogen-bond acceptors (Lipinski definition) is 7. The smallest absolute Gasteiger partial charge is 0.323 e. The third-order valence-corrected chi connectivity index (χ3v) is 2.55. The van der Waals surface area contributed by atoms with Gasteiger partial charge < -0.3 is 10.1 Å². The zero-order chi connectivity index (χ0) is 15.4. The molecule has 2 rings (SSSR count). The normalized spacial score (nSPS) is 10.6. The minimum Gasteiger partial charge on any atom is -0.461 e. The molecule has 0 radical (unpaired) electrons. The van der Waals surface area contributed by atoms with Crippen LogP contribution < -0.4 is 21.3 Å². The molecule has 0 saturated carbocycles. The summed E-state index contributed by atoms with van der Waals surface area (Å²) < 4.78 is 18.5. The highest BCUT2D eigenvalue weighted by molar-refractivity contribution is 6.31. The monoisotopic (exact) mass is 312 g/mol. The van der Waals surface area contributed by atoms with Gasteiger partial charge in [0.25, 0.3) is 0 Å². The second-order valence-corrected chi connectivity index (χ2v) is 4.74. The van der Waals surface area contributed by atoms with Crippen LogP contribution in [0.2, 0.25) is 5.02 Å². The van der Waals surface area contributed by atoms with E-state index in [1.54, 1.807) is 0 Å². The maximum absolute atomic E-state index is 13.1. The van der Waals surface area contributed by atoms with Crippen molar-refractivity contribution in [3.05, 3.63) is 29.0 Å². The lowest BCUT2D eigenvalue weighted by Crippen LogP contribution is -2.15. The Bertz CT molecular complexity index is 639. The Morgan fingerprint density at radius 3 is 2.57 bits per heavy atom. The minimum absolute atomic E-state index is 0.00937. The Labute approximate surface area is 125 Å². The molecule has 112 valence electrons. The van der Waals surface area contributed by atoms with Crippen LogP contribution in [0.3, 0.4) is 0 Å². The lowest BCUT2D eigenvalue weighted by Gasteiger charge is -2.11. The first-order chi connectivity index (χ1) is 9.97. The first-order valence-electron chi connectivity index (χ1n) is 6.09. The van der Waals surface area contributed by atoms with Gasteiger partial charge in [-0.05, 0) is 32.0 Å². The summed E-state index contributed by atoms with van der Waals surface area (Å²) in [5.41, 5.74) is 2.84. The van der Waals surface area contributed by atoms with Crippen molar-refractivity contribution in [3.8, 4) is 6.01 Å². The van der Waals surface area contributed by atoms with Crippen LogP contribution >= 0.6 is 11.6 Å². The molecule has 0 spiro atoms. The van der Waals surface area contributed by atoms with E-state index in [0.717, 1.165) is 0 Å². The topological polar surface area (TPSA) is 98.0 Å². The Balaban J connectivity index is 2.27. The van der Waals surface area contributed by atoms with E-state index >= 15 is 0 Å². The molecule has 0 fully saturated rings. The number of hydrogen-bond donors (Lipinski definition) is 3. The van der Waals surface area contributed by atoms with Gasteiger partial charge in [0.2, 0.25) is 11.9 Å². The molecule has 0 atom stereocenters. The molecule has 0 bridgehead atoms. The Morgan fingerprint density at radius 2 is 1.95 bits per heavy atom. The molecule has 0 saturated heterocycles. The summed E-state index contributed by atoms with van der Waals surface area (Å²) in [7, 11) is 0. The fraction of sp³-hybridized carbons (Fsp3) is 0.250. The average molecular weight is 313 g/mol. The first-order valence-corrected chi connectivity index (χ1v) is 6.47. The molecule has 4 N–H and O–H groups in total. The van der Waals surface area contributed by atoms with Crippen LogP contribution in [0.15, 0.2) is 18.2 Å². The molecule has 9 heteroatoms. The van der Waals surface area contributed by atoms with Crippen molar-refractivity contribution >= 4 is 29.2 Å². The van der Waals surface area contributed by atoms with E-state index in [1.807, 2.05) is 13.8 Å². The summed E-state index contributed by atoms with van der Waals surface area (Å²) in [5.74, 6) is 5.12. The first kappa shape index (κ1) is 15.2. The predicted octanol–water partition coefficient (Wildman–Crippen LogP) is 2.48. The largest absolute Gasteiger partial charge is 0.461 e. The zero-order valence-electron chi connectivity index (χ0n) is 11.4. The van der Waals surface area contributed by atoms with Gasteiger partial charge in [0.15, 0.2) is 0 Å². The molecule has 7 nitrogen and oxygen atoms in total. The molecule has 0 unspecified atom stereocenters. The van der Waals surface area contributed by atoms with Crippen molar-refractivity contribution in [2.24, 2.45) is 5.84 Å². The van der Waals surface area contributed by atoms with E-state index in [9.17, 15) is 4.39 Å². The van der Waals surface area contributed by atoms with Crippen LogP contribution in [0.1, 0.15) is 13.8 Å². The van der Waals surface area contributed by atoms with E-state index in [-0.39, 0.29) is 29.0 Å². The van der Waals surface area contributed by atoms with Gasteiger partial charge in [0, 0.05) is 5.69 Å². The lowest BCUT2D eigenvalue weighted by molar-refractivity contribution is 0.222. The van der Waals surface area contributed by atoms with Crippen LogP contribution in [-0.2, 0) is 0 Å². The molecule has 1 heterocycles. The molecule has 0 amide bonds. The summed E-state index contributed by atoms with van der Waals surface area (Å²) in [6, 6.07) is 4.27. The number of nitrogens with two attached hydrogens (primary N) is 1. The number of benzene rings is 1. The Kier molecular flexibility index (Phi) is 4.71. The molecule has 2 aromatic rings. The maximum Gasteiger partial charge on any atom is 0.323 e. The van der Waals surface area contributed by atoms with Crippen molar-refractivity contribution in [2.45, 2.75) is 20.0 Å². The minimum atomic E-state index is -0.508. The zero-order valence-corrected chi connectivity index (χ0v) is 12.1. The SMILES string of the molecule is CC(C)Oc1nc(NN)nc(Nc2ccc(F)c(Cl)c2)n1. The molecular formula is C12H14ClFN6O. The van der Waals surface area contributed by atoms with Crippen molar-refractivity contribution in [1.29, 1.82) is 0 Å². The van der Waals surface area contributed by atoms with Gasteiger partial charge >= 0.3 is 6.01 Å². The van der Waals surface area contributed by atoms with Gasteiger partial charge in [0.1, 0.15) is 5.82 Å². The molecule has 0 aliphatic carbocycles. The highest BCUT2D eigenvalue weighted by atomic mass is 35.5. The number of hydrazine groups is 1. The molecule has 0 aliphatic heterocycles. The second-order valence-electron chi connectivity index (χ2n) is 4.33. The number of aromatic nitrogens is 3. The predicted molar refractivity (Wildman–Crippen MR) is 78.1 cm³/mol. The third kappa shape index (κ3) is 4.14. The molecule has 0 aliphatic rings. The summed E-state index contributed by atoms with van der Waals surface area (Å²) in [5, 5.41) is 2.86. The number of ether oxygens (including phenoxy) is 1. The van der Waals surface area contributed by atoms with Gasteiger partial charge in [-0.2, -0.15) is 15.0 Å². The van der Waals surface area contributed by atoms with Crippen LogP contribution in [0, 0.1) is 5.82 Å². The highest BCUT2D eigenvalue weighted by Gasteiger charge is 2.09. The van der Waals surface area contributed by atoms with E-state index < -0.39 is 5.82 Å². The molecular weight excluding hydrogens is 299 g/mol. The Hall–Kier alpha value is -2.19. The number of rotatable bonds is 5. The number of nitrogens with one attached hydrogen (secondary N) is 2. The third-order valence-electron chi connectivity index (χ3n) is 2.26. The quantitative estimate of drug-likeness (QED) is 0.576. The van der Waals surface area contributed by atoms with Gasteiger partial charge in [0.05, 0.1) is 11.1 Å². The molecule has 1 aromatic heterocycles. The van der Waals surface area contributed by atoms with Crippen molar-refractivity contribution in [1.82, 2.24) is 15.0 Å². The van der Waals surface area contributed by atoms with Gasteiger partial charge in [-0.1, -0.05) is 11.6 Å². The summed E-state index contributed by atoms with van der Waals surface area (Å²) in [4.78, 5) is 12.1. The number of halogens is 2. The van der Waals surface area contributed by atoms with Crippen LogP contribution in [0.5, 0.6) is 6.01 Å². The van der Waals surface area contributed by atoms with E-state index in [1.165, 1.54) is 18.2 Å². The summed E-state index contributed by atoms with van der Waals surface area (Å²) >= 11 is 5.71. The van der Waals surface area contributed by atoms with Crippen LogP contribution in [-0.4, -0.2) is 21.1 Å². The summed E-state index contributed by atoms with van der Waals surface area (Å²) in [6.45, 7) is 3.68. The summed E-state index contributed by atoms with van der Waals surface area (Å²) in [6.07, 6.45) is -0.105. The van der Waals surface area contributed by atoms with Gasteiger partial charge in [-0.3, -0.25) is 5.43 Å². The number of anilines is 3. The number of nitrogen functional groups attached to an aromatic ring is 1. The fourth-order valence-corrected chi connectivity index (χ4v) is 1.62. The van der Waals surface area contributed by atoms with Crippen molar-refractivity contribution in [2.75, 3.05) is 10.7 Å². The van der Waals surface area contributed by atoms with Crippen molar-refractivity contribution < 1.29 is 9.13 Å². The molecule has 1 aromatic carbocycles. The second kappa shape index (κ2) is 6.51. The van der Waals surface area contributed by atoms with E-state index in [0.29, 0.717) is 5.69 Å². The van der Waals surface area contributed by atoms with E-state index in [4.69, 9.17) is 22.2 Å². The lowest BCUT2D eigenvalue weighted by atomic mass is 10.3. The van der Waals surface area contributed by atoms with Crippen LogP contribution in [0.4, 0.5) is 22.0 Å². The van der Waals surface area contributed by atoms with Gasteiger partial charge in [-0.25, -0.2) is 10.2 Å². The highest BCUT2D eigenvalue weighted by Crippen LogP contribution is 2.22. The maximum atomic E-state index is 13.1. The standard InChI is InChI=1S/C12H14ClFN6O/c1-6(2)21-12-18-10(17-11(19-12)20-15)16-7-3-4-9(14)8(13)5-7/h3-6H,15H2,1-2H3,(H2,16,17,18,19,20). The van der Waals surface area contributed by atoms with E-state index in [2.05, 4.69) is 25.7 Å². The fourth-order valence-electron chi connectivity index (χ4n) is 1.44. The number of nitrogens with zero attached hydrogens (tertiary/aromatic N) is 3. The van der Waals surface area contributed by atoms with Gasteiger partial charge in [-0.15, -0.1) is 0 Å². The van der Waals surface area contributed by atoms with Crippen molar-refractivity contribution in [3.63, 3.8) is 0 Å². The Morgan fingerprint density at radius 1 is 1.24 bits per heavy atom.